The highest BCUT2D eigenvalue weighted by Gasteiger charge is 2.37. The van der Waals surface area contributed by atoms with Crippen LogP contribution in [0.3, 0.4) is 0 Å². The zero-order chi connectivity index (χ0) is 91.7. The van der Waals surface area contributed by atoms with E-state index in [0.717, 1.165) is 0 Å². The van der Waals surface area contributed by atoms with Crippen molar-refractivity contribution in [3.63, 3.8) is 0 Å². The van der Waals surface area contributed by atoms with Crippen molar-refractivity contribution in [1.82, 2.24) is 27.4 Å². The van der Waals surface area contributed by atoms with E-state index >= 15 is 0 Å². The third kappa shape index (κ3) is 12.7. The molecular formula is C133H88N6. The Labute approximate surface area is 802 Å². The molecule has 0 atom stereocenters. The molecule has 30 rings (SSSR count). The minimum absolute atomic E-state index is 0.0983. The Morgan fingerprint density at radius 2 is 0.388 bits per heavy atom. The Hall–Kier alpha value is -18.1. The maximum absolute atomic E-state index is 2.46. The molecule has 23 aromatic carbocycles. The molecule has 6 heterocycles. The predicted molar refractivity (Wildman–Crippen MR) is 589 cm³/mol. The fourth-order valence-electron chi connectivity index (χ4n) is 23.3. The van der Waals surface area contributed by atoms with Gasteiger partial charge in [-0.1, -0.05) is 323 Å². The lowest BCUT2D eigenvalue weighted by molar-refractivity contribution is 0.660. The van der Waals surface area contributed by atoms with Gasteiger partial charge in [0.25, 0.3) is 0 Å². The van der Waals surface area contributed by atoms with E-state index in [2.05, 4.69) is 539 Å². The van der Waals surface area contributed by atoms with Crippen LogP contribution in [0, 0.1) is 0 Å². The molecule has 6 aromatic heterocycles. The van der Waals surface area contributed by atoms with Crippen molar-refractivity contribution >= 4 is 174 Å². The molecule has 6 heteroatoms. The van der Waals surface area contributed by atoms with Gasteiger partial charge in [0.05, 0.1) is 71.9 Å². The monoisotopic (exact) mass is 1770 g/mol. The van der Waals surface area contributed by atoms with Crippen LogP contribution in [0.4, 0.5) is 0 Å². The molecule has 0 aliphatic heterocycles. The Morgan fingerprint density at radius 3 is 0.755 bits per heavy atom. The summed E-state index contributed by atoms with van der Waals surface area (Å²) in [5.41, 5.74) is 34.5. The molecule has 0 spiro atoms. The molecule has 0 unspecified atom stereocenters. The van der Waals surface area contributed by atoms with Crippen molar-refractivity contribution in [2.75, 3.05) is 0 Å². The Kier molecular flexibility index (Phi) is 18.0. The van der Waals surface area contributed by atoms with E-state index in [0.29, 0.717) is 0 Å². The van der Waals surface area contributed by atoms with Gasteiger partial charge in [0.1, 0.15) is 0 Å². The molecule has 0 saturated heterocycles. The van der Waals surface area contributed by atoms with Gasteiger partial charge >= 0.3 is 0 Å². The Morgan fingerprint density at radius 1 is 0.137 bits per heavy atom. The highest BCUT2D eigenvalue weighted by atomic mass is 15.0. The summed E-state index contributed by atoms with van der Waals surface area (Å²) in [6, 6.07) is 182. The standard InChI is InChI=1S/C49H34N2.C44H28N2.C40H26N2/c1-49(2)43-29-32-13-7-6-12-31(32)26-40(43)37-23-22-36(30-44(37)49)51-46-19-11-9-17-39(46)42-28-34(21-25-48(42)51)33-20-24-47-41(27-33)38-16-8-10-18-45(38)50(47)35-14-4-3-5-15-35;1-2-12-31-26-34(23-20-29(31)10-1)45-41-17-7-5-15-36(41)38-27-32(21-24-43(38)45)33-22-25-44-39(28-33)37-16-6-8-18-42(37)46(44)40-19-9-13-30-11-3-4-14-35(30)40;1-2-12-31(13-3-1)41-37-16-8-6-14-33(37)35-25-29(19-22-39(35)41)30-20-23-40-36(26-30)34-15-7-9-17-38(34)42(40)32-21-18-27-10-4-5-11-28(27)24-32/h3-30H,1-2H3;1-28H;1-26H. The maximum Gasteiger partial charge on any atom is 0.0541 e. The van der Waals surface area contributed by atoms with Crippen LogP contribution in [0.2, 0.25) is 0 Å². The van der Waals surface area contributed by atoms with Gasteiger partial charge in [-0.05, 0) is 281 Å². The summed E-state index contributed by atoms with van der Waals surface area (Å²) in [5, 5.41) is 25.3. The molecule has 0 bridgehead atoms. The Balaban J connectivity index is 0.000000103. The number of benzene rings is 23. The SMILES string of the molecule is CC1(C)c2cc(-n3c4ccccc4c4cc(-c5ccc6c(c5)c5ccccc5n6-c5ccccc5)ccc43)ccc2-c2cc3ccccc3cc21.c1ccc(-n2c3ccccc3c3cc(-c4ccc5c(c4)c4ccccc4n5-c4ccc5ccccc5c4)ccc32)cc1.c1ccc2cc(-n3c4ccccc4c4cc(-c5ccc6c(c5)c5ccccc5n6-c5cccc6ccccc56)ccc43)ccc2c1. The summed E-state index contributed by atoms with van der Waals surface area (Å²) in [4.78, 5) is 0. The number of aromatic nitrogens is 6. The molecule has 650 valence electrons. The number of hydrogen-bond acceptors (Lipinski definition) is 0. The van der Waals surface area contributed by atoms with E-state index in [-0.39, 0.29) is 5.41 Å². The third-order valence-electron chi connectivity index (χ3n) is 29.8. The largest absolute Gasteiger partial charge is 0.309 e. The summed E-state index contributed by atoms with van der Waals surface area (Å²) in [7, 11) is 0. The summed E-state index contributed by atoms with van der Waals surface area (Å²) in [6.45, 7) is 4.75. The van der Waals surface area contributed by atoms with Crippen molar-refractivity contribution in [3.05, 3.63) is 509 Å². The fraction of sp³-hybridized carbons (Fsp3) is 0.0226. The zero-order valence-corrected chi connectivity index (χ0v) is 76.5. The molecule has 0 amide bonds. The van der Waals surface area contributed by atoms with E-state index in [1.54, 1.807) is 0 Å². The molecule has 0 radical (unpaired) electrons. The van der Waals surface area contributed by atoms with Gasteiger partial charge in [0, 0.05) is 104 Å². The van der Waals surface area contributed by atoms with Crippen LogP contribution in [-0.4, -0.2) is 27.4 Å². The lowest BCUT2D eigenvalue weighted by Gasteiger charge is -2.22. The number of nitrogens with zero attached hydrogens (tertiary/aromatic N) is 6. The van der Waals surface area contributed by atoms with Crippen molar-refractivity contribution in [2.24, 2.45) is 0 Å². The normalized spacial score (nSPS) is 12.4. The molecule has 0 N–H and O–H groups in total. The maximum atomic E-state index is 2.46. The van der Waals surface area contributed by atoms with Crippen molar-refractivity contribution in [2.45, 2.75) is 19.3 Å². The highest BCUT2D eigenvalue weighted by Crippen LogP contribution is 2.52. The minimum Gasteiger partial charge on any atom is -0.309 e. The van der Waals surface area contributed by atoms with Crippen LogP contribution >= 0.6 is 0 Å². The predicted octanol–water partition coefficient (Wildman–Crippen LogP) is 35.6. The minimum atomic E-state index is -0.0983. The second kappa shape index (κ2) is 31.5. The van der Waals surface area contributed by atoms with Gasteiger partial charge in [-0.15, -0.1) is 0 Å². The van der Waals surface area contributed by atoms with Gasteiger partial charge in [0.15, 0.2) is 0 Å². The highest BCUT2D eigenvalue weighted by molar-refractivity contribution is 6.18. The summed E-state index contributed by atoms with van der Waals surface area (Å²) < 4.78 is 14.4. The van der Waals surface area contributed by atoms with Crippen molar-refractivity contribution in [3.8, 4) is 78.6 Å². The molecule has 0 saturated carbocycles. The van der Waals surface area contributed by atoms with E-state index in [4.69, 9.17) is 0 Å². The first-order valence-electron chi connectivity index (χ1n) is 48.2. The number of rotatable bonds is 9. The molecule has 1 aliphatic rings. The van der Waals surface area contributed by atoms with Crippen LogP contribution in [0.5, 0.6) is 0 Å². The lowest BCUT2D eigenvalue weighted by Crippen LogP contribution is -2.15. The van der Waals surface area contributed by atoms with E-state index in [1.165, 1.54) is 264 Å². The lowest BCUT2D eigenvalue weighted by atomic mass is 9.81. The molecular weight excluding hydrogens is 1680 g/mol. The van der Waals surface area contributed by atoms with Crippen LogP contribution in [0.15, 0.2) is 497 Å². The third-order valence-corrected chi connectivity index (χ3v) is 29.8. The first-order chi connectivity index (χ1) is 68.7. The average Bonchev–Trinajstić information content (AvgIpc) is 1.56. The van der Waals surface area contributed by atoms with Gasteiger partial charge in [-0.3, -0.25) is 0 Å². The van der Waals surface area contributed by atoms with Crippen LogP contribution in [-0.2, 0) is 5.41 Å². The van der Waals surface area contributed by atoms with Gasteiger partial charge in [-0.25, -0.2) is 0 Å². The summed E-state index contributed by atoms with van der Waals surface area (Å²) in [5.74, 6) is 0. The topological polar surface area (TPSA) is 29.6 Å². The number of hydrogen-bond donors (Lipinski definition) is 0. The summed E-state index contributed by atoms with van der Waals surface area (Å²) >= 11 is 0. The van der Waals surface area contributed by atoms with Gasteiger partial charge in [-0.2, -0.15) is 0 Å². The van der Waals surface area contributed by atoms with Gasteiger partial charge in [0.2, 0.25) is 0 Å². The van der Waals surface area contributed by atoms with Crippen molar-refractivity contribution in [1.29, 1.82) is 0 Å². The quantitative estimate of drug-likeness (QED) is 0.138. The van der Waals surface area contributed by atoms with Crippen LogP contribution in [0.1, 0.15) is 25.0 Å². The molecule has 6 nitrogen and oxygen atoms in total. The van der Waals surface area contributed by atoms with Crippen LogP contribution < -0.4 is 0 Å². The van der Waals surface area contributed by atoms with Crippen molar-refractivity contribution < 1.29 is 0 Å². The second-order valence-corrected chi connectivity index (χ2v) is 37.8. The molecule has 29 aromatic rings. The van der Waals surface area contributed by atoms with E-state index < -0.39 is 0 Å². The fourth-order valence-corrected chi connectivity index (χ4v) is 23.3. The molecule has 139 heavy (non-hydrogen) atoms. The van der Waals surface area contributed by atoms with Gasteiger partial charge < -0.3 is 27.4 Å². The van der Waals surface area contributed by atoms with Crippen LogP contribution in [0.25, 0.3) is 253 Å². The smallest absolute Gasteiger partial charge is 0.0541 e. The zero-order valence-electron chi connectivity index (χ0n) is 76.5. The van der Waals surface area contributed by atoms with E-state index in [1.807, 2.05) is 0 Å². The Bertz CT molecular complexity index is 10100. The molecule has 0 fully saturated rings. The average molecular weight is 1770 g/mol. The van der Waals surface area contributed by atoms with E-state index in [9.17, 15) is 0 Å². The summed E-state index contributed by atoms with van der Waals surface area (Å²) in [6.07, 6.45) is 0. The number of fused-ring (bicyclic) bond motifs is 25. The molecule has 1 aliphatic carbocycles. The first-order valence-corrected chi connectivity index (χ1v) is 48.2. The first kappa shape index (κ1) is 79.5. The second-order valence-electron chi connectivity index (χ2n) is 37.8. The number of para-hydroxylation sites is 8.